The minimum Gasteiger partial charge on any atom is -0.466 e. The highest BCUT2D eigenvalue weighted by molar-refractivity contribution is 5.78. The molecule has 0 N–H and O–H groups in total. The van der Waals surface area contributed by atoms with Crippen molar-refractivity contribution in [1.82, 2.24) is 9.55 Å². The zero-order chi connectivity index (χ0) is 15.4. The van der Waals surface area contributed by atoms with Gasteiger partial charge in [0.1, 0.15) is 5.82 Å². The summed E-state index contributed by atoms with van der Waals surface area (Å²) in [6.07, 6.45) is 1.60. The summed E-state index contributed by atoms with van der Waals surface area (Å²) < 4.78 is 6.70. The van der Waals surface area contributed by atoms with Gasteiger partial charge in [-0.3, -0.25) is 14.9 Å². The molecule has 7 heteroatoms. The number of carbonyl (C=O) groups excluding carboxylic acids is 1. The Hall–Kier alpha value is -2.44. The highest BCUT2D eigenvalue weighted by atomic mass is 16.6. The third kappa shape index (κ3) is 3.36. The molecular formula is C14H17N3O4. The van der Waals surface area contributed by atoms with Crippen LogP contribution in [0.25, 0.3) is 11.0 Å². The van der Waals surface area contributed by atoms with E-state index in [0.717, 1.165) is 11.3 Å². The molecule has 1 aromatic heterocycles. The van der Waals surface area contributed by atoms with E-state index in [-0.39, 0.29) is 11.7 Å². The van der Waals surface area contributed by atoms with E-state index in [1.54, 1.807) is 13.0 Å². The van der Waals surface area contributed by atoms with Crippen LogP contribution in [0.5, 0.6) is 0 Å². The van der Waals surface area contributed by atoms with Crippen LogP contribution in [0.1, 0.15) is 25.6 Å². The number of nitro benzene ring substituents is 1. The van der Waals surface area contributed by atoms with Crippen LogP contribution in [0.3, 0.4) is 0 Å². The normalized spacial score (nSPS) is 10.8. The Bertz CT molecular complexity index is 678. The fraction of sp³-hybridized carbons (Fsp3) is 0.429. The SMILES string of the molecule is CCOC(=O)CCCc1nc2ccc([N+](=O)[O-])cc2n1C. The smallest absolute Gasteiger partial charge is 0.305 e. The van der Waals surface area contributed by atoms with Crippen molar-refractivity contribution in [3.05, 3.63) is 34.1 Å². The molecular weight excluding hydrogens is 274 g/mol. The lowest BCUT2D eigenvalue weighted by Gasteiger charge is -2.03. The van der Waals surface area contributed by atoms with Gasteiger partial charge in [-0.05, 0) is 19.4 Å². The number of fused-ring (bicyclic) bond motifs is 1. The number of aryl methyl sites for hydroxylation is 2. The number of hydrogen-bond acceptors (Lipinski definition) is 5. The standard InChI is InChI=1S/C14H17N3O4/c1-3-21-14(18)6-4-5-13-15-11-8-7-10(17(19)20)9-12(11)16(13)2/h7-9H,3-6H2,1-2H3. The van der Waals surface area contributed by atoms with Gasteiger partial charge in [0, 0.05) is 32.0 Å². The minimum atomic E-state index is -0.424. The third-order valence-corrected chi connectivity index (χ3v) is 3.25. The lowest BCUT2D eigenvalue weighted by molar-refractivity contribution is -0.384. The molecule has 0 aliphatic rings. The Labute approximate surface area is 121 Å². The average molecular weight is 291 g/mol. The van der Waals surface area contributed by atoms with E-state index in [9.17, 15) is 14.9 Å². The first-order chi connectivity index (χ1) is 10.0. The molecule has 0 spiro atoms. The van der Waals surface area contributed by atoms with Crippen molar-refractivity contribution in [2.45, 2.75) is 26.2 Å². The monoisotopic (exact) mass is 291 g/mol. The largest absolute Gasteiger partial charge is 0.466 e. The number of nitrogens with zero attached hydrogens (tertiary/aromatic N) is 3. The molecule has 21 heavy (non-hydrogen) atoms. The number of benzene rings is 1. The highest BCUT2D eigenvalue weighted by Crippen LogP contribution is 2.21. The van der Waals surface area contributed by atoms with Gasteiger partial charge in [-0.2, -0.15) is 0 Å². The van der Waals surface area contributed by atoms with Gasteiger partial charge < -0.3 is 9.30 Å². The van der Waals surface area contributed by atoms with E-state index >= 15 is 0 Å². The predicted octanol–water partition coefficient (Wildman–Crippen LogP) is 2.37. The molecule has 0 amide bonds. The number of rotatable bonds is 6. The van der Waals surface area contributed by atoms with Crippen LogP contribution in [0.2, 0.25) is 0 Å². The molecule has 0 atom stereocenters. The van der Waals surface area contributed by atoms with Gasteiger partial charge in [-0.1, -0.05) is 0 Å². The van der Waals surface area contributed by atoms with Crippen LogP contribution in [0.15, 0.2) is 18.2 Å². The van der Waals surface area contributed by atoms with Gasteiger partial charge in [-0.25, -0.2) is 4.98 Å². The van der Waals surface area contributed by atoms with E-state index in [2.05, 4.69) is 4.98 Å². The number of aromatic nitrogens is 2. The van der Waals surface area contributed by atoms with Crippen LogP contribution in [-0.4, -0.2) is 27.1 Å². The molecule has 0 aliphatic heterocycles. The molecule has 1 aromatic carbocycles. The summed E-state index contributed by atoms with van der Waals surface area (Å²) in [7, 11) is 1.82. The maximum atomic E-state index is 11.3. The molecule has 0 saturated heterocycles. The molecule has 0 saturated carbocycles. The molecule has 2 aromatic rings. The molecule has 112 valence electrons. The Kier molecular flexibility index (Phi) is 4.52. The second-order valence-corrected chi connectivity index (χ2v) is 4.68. The van der Waals surface area contributed by atoms with E-state index in [1.807, 2.05) is 11.6 Å². The molecule has 0 unspecified atom stereocenters. The fourth-order valence-corrected chi connectivity index (χ4v) is 2.19. The summed E-state index contributed by atoms with van der Waals surface area (Å²) >= 11 is 0. The first-order valence-corrected chi connectivity index (χ1v) is 6.78. The molecule has 0 aliphatic carbocycles. The maximum absolute atomic E-state index is 11.3. The van der Waals surface area contributed by atoms with Gasteiger partial charge in [0.25, 0.3) is 5.69 Å². The summed E-state index contributed by atoms with van der Waals surface area (Å²) in [6.45, 7) is 2.16. The lowest BCUT2D eigenvalue weighted by atomic mass is 10.2. The Morgan fingerprint density at radius 3 is 2.90 bits per heavy atom. The van der Waals surface area contributed by atoms with Crippen LogP contribution in [0.4, 0.5) is 5.69 Å². The van der Waals surface area contributed by atoms with Crippen molar-refractivity contribution in [1.29, 1.82) is 0 Å². The first kappa shape index (κ1) is 15.0. The predicted molar refractivity (Wildman–Crippen MR) is 76.9 cm³/mol. The second kappa shape index (κ2) is 6.34. The second-order valence-electron chi connectivity index (χ2n) is 4.68. The lowest BCUT2D eigenvalue weighted by Crippen LogP contribution is -2.05. The van der Waals surface area contributed by atoms with Crippen molar-refractivity contribution in [3.8, 4) is 0 Å². The number of non-ortho nitro benzene ring substituents is 1. The van der Waals surface area contributed by atoms with E-state index < -0.39 is 4.92 Å². The number of carbonyl (C=O) groups is 1. The average Bonchev–Trinajstić information content (AvgIpc) is 2.75. The molecule has 0 bridgehead atoms. The summed E-state index contributed by atoms with van der Waals surface area (Å²) in [5.41, 5.74) is 1.48. The summed E-state index contributed by atoms with van der Waals surface area (Å²) in [5.74, 6) is 0.585. The summed E-state index contributed by atoms with van der Waals surface area (Å²) in [5, 5.41) is 10.8. The number of esters is 1. The summed E-state index contributed by atoms with van der Waals surface area (Å²) in [6, 6.07) is 4.59. The van der Waals surface area contributed by atoms with Crippen molar-refractivity contribution < 1.29 is 14.5 Å². The Balaban J connectivity index is 2.12. The van der Waals surface area contributed by atoms with E-state index in [4.69, 9.17) is 4.74 Å². The van der Waals surface area contributed by atoms with Gasteiger partial charge in [0.2, 0.25) is 0 Å². The van der Waals surface area contributed by atoms with Gasteiger partial charge in [0.05, 0.1) is 22.6 Å². The van der Waals surface area contributed by atoms with Crippen molar-refractivity contribution in [3.63, 3.8) is 0 Å². The Morgan fingerprint density at radius 1 is 1.48 bits per heavy atom. The molecule has 1 heterocycles. The fourth-order valence-electron chi connectivity index (χ4n) is 2.19. The van der Waals surface area contributed by atoms with Crippen molar-refractivity contribution >= 4 is 22.7 Å². The van der Waals surface area contributed by atoms with Crippen molar-refractivity contribution in [2.24, 2.45) is 7.05 Å². The topological polar surface area (TPSA) is 87.3 Å². The summed E-state index contributed by atoms with van der Waals surface area (Å²) in [4.78, 5) is 26.1. The highest BCUT2D eigenvalue weighted by Gasteiger charge is 2.13. The van der Waals surface area contributed by atoms with E-state index in [0.29, 0.717) is 31.4 Å². The van der Waals surface area contributed by atoms with Crippen LogP contribution >= 0.6 is 0 Å². The minimum absolute atomic E-state index is 0.0450. The molecule has 0 radical (unpaired) electrons. The van der Waals surface area contributed by atoms with Crippen LogP contribution in [0, 0.1) is 10.1 Å². The number of hydrogen-bond donors (Lipinski definition) is 0. The quantitative estimate of drug-likeness (QED) is 0.463. The molecule has 7 nitrogen and oxygen atoms in total. The van der Waals surface area contributed by atoms with Gasteiger partial charge in [0.15, 0.2) is 0 Å². The molecule has 0 fully saturated rings. The molecule has 2 rings (SSSR count). The zero-order valence-corrected chi connectivity index (χ0v) is 12.0. The zero-order valence-electron chi connectivity index (χ0n) is 12.0. The van der Waals surface area contributed by atoms with Gasteiger partial charge in [-0.15, -0.1) is 0 Å². The van der Waals surface area contributed by atoms with Crippen molar-refractivity contribution in [2.75, 3.05) is 6.61 Å². The van der Waals surface area contributed by atoms with Crippen LogP contribution in [-0.2, 0) is 23.0 Å². The van der Waals surface area contributed by atoms with Crippen LogP contribution < -0.4 is 0 Å². The third-order valence-electron chi connectivity index (χ3n) is 3.25. The first-order valence-electron chi connectivity index (χ1n) is 6.78. The number of nitro groups is 1. The Morgan fingerprint density at radius 2 is 2.24 bits per heavy atom. The van der Waals surface area contributed by atoms with E-state index in [1.165, 1.54) is 12.1 Å². The maximum Gasteiger partial charge on any atom is 0.305 e. The number of ether oxygens (including phenoxy) is 1. The van der Waals surface area contributed by atoms with Gasteiger partial charge >= 0.3 is 5.97 Å². The number of imidazole rings is 1.